The molecule has 1 saturated heterocycles. The van der Waals surface area contributed by atoms with E-state index >= 15 is 4.39 Å². The van der Waals surface area contributed by atoms with Gasteiger partial charge in [0.2, 0.25) is 5.91 Å². The smallest absolute Gasteiger partial charge is 0.246 e. The molecule has 0 aliphatic carbocycles. The molecular weight excluding hydrogens is 467 g/mol. The van der Waals surface area contributed by atoms with Crippen LogP contribution in [0.25, 0.3) is 34.2 Å². The number of nitrogens with zero attached hydrogens (tertiary/aromatic N) is 5. The van der Waals surface area contributed by atoms with E-state index in [0.29, 0.717) is 18.7 Å². The zero-order chi connectivity index (χ0) is 25.9. The highest BCUT2D eigenvalue weighted by Crippen LogP contribution is 2.29. The summed E-state index contributed by atoms with van der Waals surface area (Å²) in [5.41, 5.74) is 4.94. The third-order valence-corrected chi connectivity index (χ3v) is 7.05. The van der Waals surface area contributed by atoms with Crippen LogP contribution in [0.2, 0.25) is 0 Å². The predicted octanol–water partition coefficient (Wildman–Crippen LogP) is 4.88. The summed E-state index contributed by atoms with van der Waals surface area (Å²) in [6, 6.07) is 11.6. The van der Waals surface area contributed by atoms with E-state index in [9.17, 15) is 4.79 Å². The number of hydrogen-bond donors (Lipinski definition) is 1. The first-order valence-electron chi connectivity index (χ1n) is 12.5. The van der Waals surface area contributed by atoms with Crippen LogP contribution in [-0.2, 0) is 18.4 Å². The number of nitrogens with one attached hydrogen (secondary N) is 1. The lowest BCUT2D eigenvalue weighted by molar-refractivity contribution is -0.125. The summed E-state index contributed by atoms with van der Waals surface area (Å²) in [5, 5.41) is 12.6. The van der Waals surface area contributed by atoms with Gasteiger partial charge in [0, 0.05) is 55.4 Å². The number of fused-ring (bicyclic) bond motifs is 1. The molecule has 1 amide bonds. The van der Waals surface area contributed by atoms with Crippen molar-refractivity contribution >= 4 is 29.0 Å². The van der Waals surface area contributed by atoms with Crippen molar-refractivity contribution in [2.75, 3.05) is 19.6 Å². The normalized spacial score (nSPS) is 15.9. The highest BCUT2D eigenvalue weighted by molar-refractivity contribution is 5.92. The van der Waals surface area contributed by atoms with Crippen LogP contribution in [0.3, 0.4) is 0 Å². The number of aromatic amines is 1. The van der Waals surface area contributed by atoms with Gasteiger partial charge in [0.15, 0.2) is 0 Å². The van der Waals surface area contributed by atoms with Crippen molar-refractivity contribution in [1.82, 2.24) is 29.8 Å². The molecule has 2 aromatic heterocycles. The Morgan fingerprint density at radius 3 is 2.86 bits per heavy atom. The minimum absolute atomic E-state index is 0.0285. The highest BCUT2D eigenvalue weighted by atomic mass is 19.1. The molecule has 1 aliphatic rings. The number of likely N-dealkylation sites (tertiary alicyclic amines) is 1. The number of rotatable bonds is 8. The minimum Gasteiger partial charge on any atom is -0.338 e. The maximum atomic E-state index is 15.4. The van der Waals surface area contributed by atoms with Crippen molar-refractivity contribution in [1.29, 1.82) is 0 Å². The first-order chi connectivity index (χ1) is 17.9. The standard InChI is InChI=1S/C29H31FN6O/c1-4-29(37)36-13-12-23(19-36)35(5-2)18-20-6-9-24(26(30)14-20)22-8-11-28-25(15-22)27(32-33-28)10-7-21-16-31-34(3)17-21/h4,6-11,14-17,23H,1,5,12-13,18-19H2,2-3H3,(H,32,33)/b10-7+/t23-/m0/s1. The van der Waals surface area contributed by atoms with E-state index in [4.69, 9.17) is 0 Å². The number of carbonyl (C=O) groups is 1. The largest absolute Gasteiger partial charge is 0.338 e. The van der Waals surface area contributed by atoms with E-state index in [0.717, 1.165) is 52.8 Å². The van der Waals surface area contributed by atoms with Gasteiger partial charge in [-0.1, -0.05) is 31.7 Å². The van der Waals surface area contributed by atoms with Gasteiger partial charge in [-0.05, 0) is 60.5 Å². The number of aromatic nitrogens is 4. The van der Waals surface area contributed by atoms with E-state index in [-0.39, 0.29) is 17.8 Å². The maximum Gasteiger partial charge on any atom is 0.246 e. The number of likely N-dealkylation sites (N-methyl/N-ethyl adjacent to an activating group) is 1. The second kappa shape index (κ2) is 10.5. The van der Waals surface area contributed by atoms with Crippen LogP contribution in [0.1, 0.15) is 30.2 Å². The average Bonchev–Trinajstić information content (AvgIpc) is 3.65. The van der Waals surface area contributed by atoms with Gasteiger partial charge in [0.25, 0.3) is 0 Å². The molecule has 1 aliphatic heterocycles. The Kier molecular flexibility index (Phi) is 7.01. The van der Waals surface area contributed by atoms with Gasteiger partial charge in [-0.2, -0.15) is 10.2 Å². The quantitative estimate of drug-likeness (QED) is 0.352. The topological polar surface area (TPSA) is 70.1 Å². The SMILES string of the molecule is C=CC(=O)N1CC[C@H](N(CC)Cc2ccc(-c3ccc4[nH]nc(/C=C/c5cnn(C)c5)c4c3)c(F)c2)C1. The van der Waals surface area contributed by atoms with Crippen LogP contribution in [0.5, 0.6) is 0 Å². The Morgan fingerprint density at radius 1 is 1.27 bits per heavy atom. The van der Waals surface area contributed by atoms with Crippen LogP contribution in [0, 0.1) is 5.82 Å². The van der Waals surface area contributed by atoms with Gasteiger partial charge in [0.1, 0.15) is 5.82 Å². The summed E-state index contributed by atoms with van der Waals surface area (Å²) < 4.78 is 17.1. The zero-order valence-corrected chi connectivity index (χ0v) is 21.2. The van der Waals surface area contributed by atoms with Gasteiger partial charge in [-0.25, -0.2) is 4.39 Å². The van der Waals surface area contributed by atoms with Crippen LogP contribution in [-0.4, -0.2) is 61.4 Å². The highest BCUT2D eigenvalue weighted by Gasteiger charge is 2.28. The molecule has 8 heteroatoms. The molecule has 190 valence electrons. The monoisotopic (exact) mass is 498 g/mol. The van der Waals surface area contributed by atoms with Crippen LogP contribution in [0.15, 0.2) is 61.4 Å². The van der Waals surface area contributed by atoms with Crippen molar-refractivity contribution in [3.8, 4) is 11.1 Å². The molecule has 7 nitrogen and oxygen atoms in total. The summed E-state index contributed by atoms with van der Waals surface area (Å²) >= 11 is 0. The number of H-pyrrole nitrogens is 1. The molecule has 3 heterocycles. The summed E-state index contributed by atoms with van der Waals surface area (Å²) in [5.74, 6) is -0.280. The van der Waals surface area contributed by atoms with Crippen LogP contribution >= 0.6 is 0 Å². The van der Waals surface area contributed by atoms with Gasteiger partial charge >= 0.3 is 0 Å². The first-order valence-corrected chi connectivity index (χ1v) is 12.5. The maximum absolute atomic E-state index is 15.4. The molecule has 37 heavy (non-hydrogen) atoms. The Bertz CT molecular complexity index is 1470. The van der Waals surface area contributed by atoms with E-state index in [1.165, 1.54) is 6.08 Å². The van der Waals surface area contributed by atoms with E-state index in [1.54, 1.807) is 16.9 Å². The fourth-order valence-electron chi connectivity index (χ4n) is 5.02. The number of halogens is 1. The number of benzene rings is 2. The summed E-state index contributed by atoms with van der Waals surface area (Å²) in [7, 11) is 1.88. The third-order valence-electron chi connectivity index (χ3n) is 7.05. The summed E-state index contributed by atoms with van der Waals surface area (Å²) in [4.78, 5) is 16.1. The van der Waals surface area contributed by atoms with Gasteiger partial charge in [-0.3, -0.25) is 19.5 Å². The van der Waals surface area contributed by atoms with Gasteiger partial charge < -0.3 is 4.90 Å². The second-order valence-electron chi connectivity index (χ2n) is 9.46. The molecule has 0 radical (unpaired) electrons. The predicted molar refractivity (Wildman–Crippen MR) is 145 cm³/mol. The van der Waals surface area contributed by atoms with Crippen molar-refractivity contribution in [3.05, 3.63) is 84.1 Å². The lowest BCUT2D eigenvalue weighted by Gasteiger charge is -2.27. The fraction of sp³-hybridized carbons (Fsp3) is 0.276. The van der Waals surface area contributed by atoms with E-state index in [1.807, 2.05) is 60.6 Å². The van der Waals surface area contributed by atoms with E-state index < -0.39 is 0 Å². The Morgan fingerprint density at radius 2 is 2.14 bits per heavy atom. The number of aryl methyl sites for hydroxylation is 1. The fourth-order valence-corrected chi connectivity index (χ4v) is 5.02. The van der Waals surface area contributed by atoms with Crippen LogP contribution < -0.4 is 0 Å². The molecule has 1 N–H and O–H groups in total. The Hall–Kier alpha value is -4.04. The molecule has 1 fully saturated rings. The molecule has 2 aromatic carbocycles. The van der Waals surface area contributed by atoms with Crippen molar-refractivity contribution < 1.29 is 9.18 Å². The average molecular weight is 499 g/mol. The molecule has 0 spiro atoms. The van der Waals surface area contributed by atoms with Crippen molar-refractivity contribution in [3.63, 3.8) is 0 Å². The minimum atomic E-state index is -0.251. The lowest BCUT2D eigenvalue weighted by Crippen LogP contribution is -2.38. The molecule has 0 unspecified atom stereocenters. The van der Waals surface area contributed by atoms with Gasteiger partial charge in [-0.15, -0.1) is 0 Å². The van der Waals surface area contributed by atoms with Crippen LogP contribution in [0.4, 0.5) is 4.39 Å². The Labute approximate surface area is 215 Å². The second-order valence-corrected chi connectivity index (χ2v) is 9.46. The zero-order valence-electron chi connectivity index (χ0n) is 21.2. The van der Waals surface area contributed by atoms with E-state index in [2.05, 4.69) is 33.7 Å². The van der Waals surface area contributed by atoms with Crippen molar-refractivity contribution in [2.45, 2.75) is 25.9 Å². The lowest BCUT2D eigenvalue weighted by atomic mass is 10.0. The number of amides is 1. The Balaban J connectivity index is 1.34. The van der Waals surface area contributed by atoms with Gasteiger partial charge in [0.05, 0.1) is 17.4 Å². The molecule has 0 bridgehead atoms. The molecule has 1 atom stereocenters. The number of hydrogen-bond acceptors (Lipinski definition) is 4. The van der Waals surface area contributed by atoms with Crippen molar-refractivity contribution in [2.24, 2.45) is 7.05 Å². The summed E-state index contributed by atoms with van der Waals surface area (Å²) in [6.07, 6.45) is 9.89. The first kappa shape index (κ1) is 24.6. The molecule has 0 saturated carbocycles. The summed E-state index contributed by atoms with van der Waals surface area (Å²) in [6.45, 7) is 8.57. The molecule has 4 aromatic rings. The molecular formula is C29H31FN6O. The number of carbonyl (C=O) groups excluding carboxylic acids is 1. The molecule has 5 rings (SSSR count). The third kappa shape index (κ3) is 5.24.